The molecular weight excluding hydrogens is 600 g/mol. The number of aliphatic hydroxyl groups excluding tert-OH is 7. The van der Waals surface area contributed by atoms with Gasteiger partial charge in [-0.2, -0.15) is 0 Å². The molecule has 5 fully saturated rings. The minimum absolute atomic E-state index is 0.00891. The molecule has 45 heavy (non-hydrogen) atoms. The molecule has 2 aliphatic heterocycles. The molecule has 2 heterocycles. The molecule has 0 aromatic rings. The summed E-state index contributed by atoms with van der Waals surface area (Å²) in [5.41, 5.74) is 22.2. The number of nitrogens with two attached hydrogens (primary N) is 4. The van der Waals surface area contributed by atoms with Crippen LogP contribution in [0, 0.1) is 11.8 Å². The second-order valence-electron chi connectivity index (χ2n) is 13.5. The number of nitrogens with one attached hydrogen (secondary N) is 2. The van der Waals surface area contributed by atoms with Gasteiger partial charge >= 0.3 is 0 Å². The second kappa shape index (κ2) is 13.7. The highest BCUT2D eigenvalue weighted by Gasteiger charge is 2.60. The predicted molar refractivity (Wildman–Crippen MR) is 152 cm³/mol. The number of ether oxygens (including phenoxy) is 3. The van der Waals surface area contributed by atoms with Gasteiger partial charge in [0, 0.05) is 37.0 Å². The summed E-state index contributed by atoms with van der Waals surface area (Å²) in [5, 5.41) is 91.2. The first-order valence-corrected chi connectivity index (χ1v) is 15.6. The molecule has 18 nitrogen and oxygen atoms in total. The molecule has 18 N–H and O–H groups in total. The van der Waals surface area contributed by atoms with Crippen molar-refractivity contribution in [2.45, 2.75) is 129 Å². The normalized spacial score (nSPS) is 53.4. The predicted octanol–water partition coefficient (Wildman–Crippen LogP) is -8.03. The first kappa shape index (κ1) is 35.1. The number of carbonyl (C=O) groups excluding carboxylic acids is 1. The van der Waals surface area contributed by atoms with E-state index in [1.807, 2.05) is 0 Å². The average Bonchev–Trinajstić information content (AvgIpc) is 3.61. The average molecular weight is 651 g/mol. The fourth-order valence-electron chi connectivity index (χ4n) is 7.11. The van der Waals surface area contributed by atoms with Crippen LogP contribution in [0.2, 0.25) is 0 Å². The summed E-state index contributed by atoms with van der Waals surface area (Å²) in [5.74, 6) is -1.61. The first-order chi connectivity index (χ1) is 21.2. The molecule has 0 aromatic carbocycles. The van der Waals surface area contributed by atoms with Crippen molar-refractivity contribution in [2.75, 3.05) is 19.7 Å². The molecule has 0 bridgehead atoms. The fraction of sp³-hybridized carbons (Fsp3) is 0.963. The number of hydrogen-bond donors (Lipinski definition) is 14. The number of aliphatic hydroxyl groups is 8. The van der Waals surface area contributed by atoms with Gasteiger partial charge in [-0.25, -0.2) is 0 Å². The Kier molecular flexibility index (Phi) is 10.7. The van der Waals surface area contributed by atoms with Crippen LogP contribution in [-0.2, 0) is 19.0 Å². The van der Waals surface area contributed by atoms with E-state index in [0.717, 1.165) is 12.8 Å². The zero-order chi connectivity index (χ0) is 33.0. The molecule has 17 unspecified atom stereocenters. The minimum atomic E-state index is -1.83. The quantitative estimate of drug-likeness (QED) is 0.104. The molecule has 2 saturated heterocycles. The smallest absolute Gasteiger partial charge is 0.253 e. The van der Waals surface area contributed by atoms with E-state index < -0.39 is 116 Å². The fourth-order valence-corrected chi connectivity index (χ4v) is 7.11. The van der Waals surface area contributed by atoms with E-state index in [9.17, 15) is 45.6 Å². The van der Waals surface area contributed by atoms with Gasteiger partial charge in [0.2, 0.25) is 0 Å². The Hall–Kier alpha value is -1.17. The molecule has 5 rings (SSSR count). The molecular formula is C27H50N6O12. The van der Waals surface area contributed by atoms with Crippen molar-refractivity contribution in [3.63, 3.8) is 0 Å². The van der Waals surface area contributed by atoms with Crippen LogP contribution in [0.1, 0.15) is 25.7 Å². The van der Waals surface area contributed by atoms with Gasteiger partial charge < -0.3 is 88.6 Å². The van der Waals surface area contributed by atoms with E-state index in [0.29, 0.717) is 12.5 Å². The maximum atomic E-state index is 12.9. The van der Waals surface area contributed by atoms with Crippen molar-refractivity contribution in [1.82, 2.24) is 10.6 Å². The lowest BCUT2D eigenvalue weighted by molar-refractivity contribution is -0.310. The lowest BCUT2D eigenvalue weighted by Crippen LogP contribution is -2.71. The monoisotopic (exact) mass is 650 g/mol. The lowest BCUT2D eigenvalue weighted by atomic mass is 9.72. The molecule has 1 amide bonds. The lowest BCUT2D eigenvalue weighted by Gasteiger charge is -2.52. The molecule has 260 valence electrons. The van der Waals surface area contributed by atoms with Crippen molar-refractivity contribution in [3.05, 3.63) is 0 Å². The van der Waals surface area contributed by atoms with Crippen molar-refractivity contribution >= 4 is 5.91 Å². The summed E-state index contributed by atoms with van der Waals surface area (Å²) in [6.45, 7) is 0.0595. The molecule has 0 radical (unpaired) electrons. The zero-order valence-electron chi connectivity index (χ0n) is 24.9. The standard InChI is InChI=1S/C27H50N6O12/c28-9-1-8(2-9)5-32-6-12-18(36)21(39)22(40)24(43-12)15-10(29)3-11(33-26(41)27(42)4-14(27)30)23(19(15)37)45-25-20(38)16(31)17(35)13(7-34)44-25/h8-25,32,34-40,42H,1-7,28-31H2,(H,33,41). The van der Waals surface area contributed by atoms with Crippen LogP contribution in [0.4, 0.5) is 0 Å². The Bertz CT molecular complexity index is 1030. The van der Waals surface area contributed by atoms with Crippen LogP contribution in [-0.4, -0.2) is 170 Å². The molecule has 0 spiro atoms. The zero-order valence-corrected chi connectivity index (χ0v) is 24.9. The van der Waals surface area contributed by atoms with E-state index in [-0.39, 0.29) is 25.4 Å². The highest BCUT2D eigenvalue weighted by atomic mass is 16.7. The van der Waals surface area contributed by atoms with E-state index >= 15 is 0 Å². The maximum absolute atomic E-state index is 12.9. The van der Waals surface area contributed by atoms with Crippen LogP contribution < -0.4 is 33.6 Å². The Morgan fingerprint density at radius 1 is 0.844 bits per heavy atom. The van der Waals surface area contributed by atoms with Gasteiger partial charge in [-0.15, -0.1) is 0 Å². The minimum Gasteiger partial charge on any atom is -0.394 e. The van der Waals surface area contributed by atoms with Crippen molar-refractivity contribution in [2.24, 2.45) is 34.8 Å². The third-order valence-corrected chi connectivity index (χ3v) is 10.3. The van der Waals surface area contributed by atoms with Crippen LogP contribution in [0.15, 0.2) is 0 Å². The summed E-state index contributed by atoms with van der Waals surface area (Å²) in [6, 6.07) is -4.02. The Morgan fingerprint density at radius 3 is 2.11 bits per heavy atom. The third kappa shape index (κ3) is 6.89. The molecule has 5 aliphatic rings. The molecule has 17 atom stereocenters. The van der Waals surface area contributed by atoms with Crippen LogP contribution in [0.3, 0.4) is 0 Å². The van der Waals surface area contributed by atoms with Crippen molar-refractivity contribution < 1.29 is 59.9 Å². The Morgan fingerprint density at radius 2 is 1.51 bits per heavy atom. The van der Waals surface area contributed by atoms with Crippen LogP contribution in [0.25, 0.3) is 0 Å². The van der Waals surface area contributed by atoms with E-state index in [1.165, 1.54) is 0 Å². The molecule has 0 aromatic heterocycles. The maximum Gasteiger partial charge on any atom is 0.253 e. The van der Waals surface area contributed by atoms with E-state index in [2.05, 4.69) is 10.6 Å². The Labute approximate surface area is 260 Å². The summed E-state index contributed by atoms with van der Waals surface area (Å²) in [7, 11) is 0. The van der Waals surface area contributed by atoms with Gasteiger partial charge in [0.1, 0.15) is 42.7 Å². The second-order valence-corrected chi connectivity index (χ2v) is 13.5. The van der Waals surface area contributed by atoms with Crippen LogP contribution >= 0.6 is 0 Å². The summed E-state index contributed by atoms with van der Waals surface area (Å²) in [4.78, 5) is 12.9. The summed E-state index contributed by atoms with van der Waals surface area (Å²) >= 11 is 0. The van der Waals surface area contributed by atoms with E-state index in [1.54, 1.807) is 0 Å². The number of amides is 1. The SMILES string of the molecule is NC1CC(CNCC2OC(C3C(N)CC(NC(=O)C4(O)CC4N)C(OC4OC(CO)C(O)C(N)C4O)C3O)C(O)C(O)C2O)C1. The third-order valence-electron chi connectivity index (χ3n) is 10.3. The van der Waals surface area contributed by atoms with Crippen molar-refractivity contribution in [3.8, 4) is 0 Å². The van der Waals surface area contributed by atoms with Crippen molar-refractivity contribution in [1.29, 1.82) is 0 Å². The van der Waals surface area contributed by atoms with Crippen LogP contribution in [0.5, 0.6) is 0 Å². The topological polar surface area (TPSA) is 335 Å². The van der Waals surface area contributed by atoms with Gasteiger partial charge in [-0.05, 0) is 31.7 Å². The highest BCUT2D eigenvalue weighted by molar-refractivity contribution is 5.89. The molecule has 3 saturated carbocycles. The Balaban J connectivity index is 1.35. The number of hydrogen-bond acceptors (Lipinski definition) is 17. The van der Waals surface area contributed by atoms with Gasteiger partial charge in [0.25, 0.3) is 5.91 Å². The number of rotatable bonds is 10. The highest BCUT2D eigenvalue weighted by Crippen LogP contribution is 2.39. The van der Waals surface area contributed by atoms with Gasteiger partial charge in [0.15, 0.2) is 11.9 Å². The van der Waals surface area contributed by atoms with Gasteiger partial charge in [0.05, 0.1) is 37.0 Å². The number of carbonyl (C=O) groups is 1. The van der Waals surface area contributed by atoms with E-state index in [4.69, 9.17) is 37.1 Å². The van der Waals surface area contributed by atoms with Gasteiger partial charge in [-0.3, -0.25) is 4.79 Å². The first-order valence-electron chi connectivity index (χ1n) is 15.6. The summed E-state index contributed by atoms with van der Waals surface area (Å²) in [6.07, 6.45) is -14.4. The van der Waals surface area contributed by atoms with Gasteiger partial charge in [-0.1, -0.05) is 0 Å². The largest absolute Gasteiger partial charge is 0.394 e. The molecule has 3 aliphatic carbocycles. The summed E-state index contributed by atoms with van der Waals surface area (Å²) < 4.78 is 17.6. The molecule has 18 heteroatoms.